The zero-order chi connectivity index (χ0) is 19.8. The fraction of sp³-hybridized carbons (Fsp3) is 0.333. The molecule has 0 bridgehead atoms. The lowest BCUT2D eigenvalue weighted by atomic mass is 10.1. The Balaban J connectivity index is 1.75. The summed E-state index contributed by atoms with van der Waals surface area (Å²) in [4.78, 5) is 29.7. The summed E-state index contributed by atoms with van der Waals surface area (Å²) in [5.41, 5.74) is 1.96. The van der Waals surface area contributed by atoms with Crippen molar-refractivity contribution in [2.75, 3.05) is 34.4 Å². The third kappa shape index (κ3) is 2.66. The summed E-state index contributed by atoms with van der Waals surface area (Å²) < 4.78 is 16.1. The molecule has 0 spiro atoms. The second kappa shape index (κ2) is 7.07. The fourth-order valence-corrected chi connectivity index (χ4v) is 4.03. The maximum Gasteiger partial charge on any atom is 0.256 e. The van der Waals surface area contributed by atoms with E-state index in [1.165, 1.54) is 21.3 Å². The molecule has 2 heterocycles. The van der Waals surface area contributed by atoms with Gasteiger partial charge in [-0.3, -0.25) is 9.59 Å². The Morgan fingerprint density at radius 1 is 1.00 bits per heavy atom. The van der Waals surface area contributed by atoms with Gasteiger partial charge in [0.15, 0.2) is 11.5 Å². The lowest BCUT2D eigenvalue weighted by molar-refractivity contribution is 0.0164. The fourth-order valence-electron chi connectivity index (χ4n) is 4.03. The molecule has 146 valence electrons. The van der Waals surface area contributed by atoms with E-state index in [9.17, 15) is 9.59 Å². The van der Waals surface area contributed by atoms with Crippen molar-refractivity contribution in [3.05, 3.63) is 53.1 Å². The Hall–Kier alpha value is -3.22. The van der Waals surface area contributed by atoms with Crippen molar-refractivity contribution in [1.29, 1.82) is 0 Å². The minimum Gasteiger partial charge on any atom is -0.493 e. The highest BCUT2D eigenvalue weighted by Crippen LogP contribution is 2.42. The van der Waals surface area contributed by atoms with E-state index in [1.807, 2.05) is 24.3 Å². The van der Waals surface area contributed by atoms with Crippen LogP contribution in [0.5, 0.6) is 17.2 Å². The molecule has 0 N–H and O–H groups in total. The normalized spacial score (nSPS) is 17.8. The molecule has 0 aliphatic carbocycles. The second-order valence-electron chi connectivity index (χ2n) is 6.73. The van der Waals surface area contributed by atoms with Gasteiger partial charge in [0.05, 0.1) is 21.3 Å². The zero-order valence-corrected chi connectivity index (χ0v) is 16.1. The third-order valence-corrected chi connectivity index (χ3v) is 5.29. The third-order valence-electron chi connectivity index (χ3n) is 5.29. The highest BCUT2D eigenvalue weighted by atomic mass is 16.5. The van der Waals surface area contributed by atoms with Crippen LogP contribution in [-0.2, 0) is 0 Å². The number of nitrogens with zero attached hydrogens (tertiary/aromatic N) is 2. The number of rotatable bonds is 4. The second-order valence-corrected chi connectivity index (χ2v) is 6.73. The number of carbonyl (C=O) groups excluding carboxylic acids is 2. The number of ether oxygens (including phenoxy) is 3. The molecule has 1 fully saturated rings. The monoisotopic (exact) mass is 382 g/mol. The predicted molar refractivity (Wildman–Crippen MR) is 102 cm³/mol. The molecule has 2 aliphatic heterocycles. The number of amides is 2. The number of hydrogen-bond acceptors (Lipinski definition) is 5. The number of methoxy groups -OCH3 is 3. The van der Waals surface area contributed by atoms with Gasteiger partial charge in [-0.25, -0.2) is 0 Å². The van der Waals surface area contributed by atoms with Crippen LogP contribution < -0.4 is 14.2 Å². The molecule has 2 aliphatic rings. The van der Waals surface area contributed by atoms with Crippen molar-refractivity contribution in [3.8, 4) is 17.2 Å². The van der Waals surface area contributed by atoms with Crippen molar-refractivity contribution in [1.82, 2.24) is 9.80 Å². The summed E-state index contributed by atoms with van der Waals surface area (Å²) in [7, 11) is 4.55. The molecule has 0 unspecified atom stereocenters. The van der Waals surface area contributed by atoms with Gasteiger partial charge in [0, 0.05) is 29.8 Å². The van der Waals surface area contributed by atoms with E-state index >= 15 is 0 Å². The summed E-state index contributed by atoms with van der Waals surface area (Å²) in [6.45, 7) is 1.20. The molecule has 28 heavy (non-hydrogen) atoms. The maximum absolute atomic E-state index is 13.4. The van der Waals surface area contributed by atoms with Crippen LogP contribution in [0.2, 0.25) is 0 Å². The summed E-state index contributed by atoms with van der Waals surface area (Å²) in [5.74, 6) is 1.06. The van der Waals surface area contributed by atoms with Gasteiger partial charge in [0.25, 0.3) is 11.8 Å². The molecule has 1 atom stereocenters. The van der Waals surface area contributed by atoms with Crippen LogP contribution in [0.3, 0.4) is 0 Å². The summed E-state index contributed by atoms with van der Waals surface area (Å²) in [5, 5.41) is 0. The van der Waals surface area contributed by atoms with Gasteiger partial charge < -0.3 is 24.0 Å². The first kappa shape index (κ1) is 18.2. The molecule has 2 aromatic rings. The van der Waals surface area contributed by atoms with E-state index in [-0.39, 0.29) is 18.0 Å². The molecule has 0 aromatic heterocycles. The van der Waals surface area contributed by atoms with Gasteiger partial charge in [0.2, 0.25) is 5.75 Å². The molecule has 4 rings (SSSR count). The predicted octanol–water partition coefficient (Wildman–Crippen LogP) is 2.71. The Labute approximate surface area is 163 Å². The molecule has 2 amide bonds. The number of carbonyl (C=O) groups is 2. The Kier molecular flexibility index (Phi) is 4.58. The zero-order valence-electron chi connectivity index (χ0n) is 16.1. The molecular weight excluding hydrogens is 360 g/mol. The first-order chi connectivity index (χ1) is 13.6. The number of hydrogen-bond donors (Lipinski definition) is 0. The molecule has 1 saturated heterocycles. The van der Waals surface area contributed by atoms with Crippen LogP contribution in [0.25, 0.3) is 0 Å². The minimum atomic E-state index is -0.385. The van der Waals surface area contributed by atoms with Crippen molar-refractivity contribution < 1.29 is 23.8 Å². The largest absolute Gasteiger partial charge is 0.493 e. The molecule has 2 aromatic carbocycles. The van der Waals surface area contributed by atoms with Crippen LogP contribution in [0.1, 0.15) is 38.9 Å². The van der Waals surface area contributed by atoms with E-state index < -0.39 is 0 Å². The van der Waals surface area contributed by atoms with Crippen LogP contribution in [0, 0.1) is 0 Å². The van der Waals surface area contributed by atoms with Crippen molar-refractivity contribution in [2.45, 2.75) is 12.6 Å². The summed E-state index contributed by atoms with van der Waals surface area (Å²) >= 11 is 0. The van der Waals surface area contributed by atoms with E-state index in [0.29, 0.717) is 41.5 Å². The molecule has 7 heteroatoms. The van der Waals surface area contributed by atoms with Crippen molar-refractivity contribution >= 4 is 11.8 Å². The van der Waals surface area contributed by atoms with Gasteiger partial charge in [-0.15, -0.1) is 0 Å². The number of benzene rings is 2. The van der Waals surface area contributed by atoms with E-state index in [4.69, 9.17) is 14.2 Å². The molecule has 0 radical (unpaired) electrons. The quantitative estimate of drug-likeness (QED) is 0.813. The van der Waals surface area contributed by atoms with Crippen LogP contribution in [-0.4, -0.2) is 56.0 Å². The van der Waals surface area contributed by atoms with E-state index in [2.05, 4.69) is 0 Å². The van der Waals surface area contributed by atoms with Gasteiger partial charge in [-0.05, 0) is 24.6 Å². The van der Waals surface area contributed by atoms with Crippen LogP contribution in [0.4, 0.5) is 0 Å². The topological polar surface area (TPSA) is 68.3 Å². The smallest absolute Gasteiger partial charge is 0.256 e. The Morgan fingerprint density at radius 2 is 1.68 bits per heavy atom. The number of fused-ring (bicyclic) bond motifs is 3. The Bertz CT molecular complexity index is 917. The van der Waals surface area contributed by atoms with Gasteiger partial charge in [-0.1, -0.05) is 18.2 Å². The highest BCUT2D eigenvalue weighted by molar-refractivity contribution is 6.01. The first-order valence-electron chi connectivity index (χ1n) is 9.11. The van der Waals surface area contributed by atoms with Crippen LogP contribution in [0.15, 0.2) is 36.4 Å². The molecular formula is C21H22N2O5. The van der Waals surface area contributed by atoms with Gasteiger partial charge >= 0.3 is 0 Å². The minimum absolute atomic E-state index is 0.0250. The standard InChI is InChI=1S/C21H22N2O5/c1-26-16-11-13(12-17(27-2)18(16)28-3)20(24)22-9-6-10-23-19(22)14-7-4-5-8-15(14)21(23)25/h4-5,7-8,11-12,19H,6,9-10H2,1-3H3/t19-/m0/s1. The molecule has 7 nitrogen and oxygen atoms in total. The van der Waals surface area contributed by atoms with Crippen molar-refractivity contribution in [2.24, 2.45) is 0 Å². The van der Waals surface area contributed by atoms with Crippen LogP contribution >= 0.6 is 0 Å². The maximum atomic E-state index is 13.4. The molecule has 0 saturated carbocycles. The van der Waals surface area contributed by atoms with Gasteiger partial charge in [-0.2, -0.15) is 0 Å². The lowest BCUT2D eigenvalue weighted by Crippen LogP contribution is -2.48. The lowest BCUT2D eigenvalue weighted by Gasteiger charge is -2.40. The average Bonchev–Trinajstić information content (AvgIpc) is 3.04. The van der Waals surface area contributed by atoms with Crippen molar-refractivity contribution in [3.63, 3.8) is 0 Å². The summed E-state index contributed by atoms with van der Waals surface area (Å²) in [6, 6.07) is 10.8. The van der Waals surface area contributed by atoms with Gasteiger partial charge in [0.1, 0.15) is 6.17 Å². The average molecular weight is 382 g/mol. The van der Waals surface area contributed by atoms with E-state index in [0.717, 1.165) is 12.0 Å². The Morgan fingerprint density at radius 3 is 2.32 bits per heavy atom. The first-order valence-corrected chi connectivity index (χ1v) is 9.11. The summed E-state index contributed by atoms with van der Waals surface area (Å²) in [6.07, 6.45) is 0.343. The SMILES string of the molecule is COc1cc(C(=O)N2CCCN3C(=O)c4ccccc4[C@@H]23)cc(OC)c1OC. The highest BCUT2D eigenvalue weighted by Gasteiger charge is 2.44. The van der Waals surface area contributed by atoms with E-state index in [1.54, 1.807) is 21.9 Å².